The molecule has 0 unspecified atom stereocenters. The molecule has 0 spiro atoms. The molecule has 0 aromatic heterocycles. The van der Waals surface area contributed by atoms with Gasteiger partial charge in [0.2, 0.25) is 15.9 Å². The number of nitrogens with one attached hydrogen (secondary N) is 2. The molecular weight excluding hydrogens is 367 g/mol. The minimum atomic E-state index is -3.56. The summed E-state index contributed by atoms with van der Waals surface area (Å²) in [5.74, 6) is -0.836. The number of benzene rings is 2. The highest BCUT2D eigenvalue weighted by molar-refractivity contribution is 7.88. The van der Waals surface area contributed by atoms with E-state index < -0.39 is 27.8 Å². The van der Waals surface area contributed by atoms with Crippen LogP contribution < -0.4 is 10.0 Å². The first-order valence-electron chi connectivity index (χ1n) is 7.43. The van der Waals surface area contributed by atoms with Crippen LogP contribution in [-0.4, -0.2) is 20.6 Å². The number of aryl methyl sites for hydroxylation is 1. The third kappa shape index (κ3) is 6.12. The second-order valence-electron chi connectivity index (χ2n) is 5.71. The third-order valence-corrected chi connectivity index (χ3v) is 4.44. The van der Waals surface area contributed by atoms with E-state index in [0.717, 1.165) is 11.8 Å². The molecule has 0 heterocycles. The van der Waals surface area contributed by atoms with Gasteiger partial charge in [0.1, 0.15) is 5.82 Å². The fraction of sp³-hybridized carbons (Fsp3) is 0.235. The van der Waals surface area contributed by atoms with E-state index in [1.165, 1.54) is 24.3 Å². The first kappa shape index (κ1) is 19.4. The van der Waals surface area contributed by atoms with Crippen LogP contribution in [0, 0.1) is 12.7 Å². The number of rotatable bonds is 6. The summed E-state index contributed by atoms with van der Waals surface area (Å²) in [4.78, 5) is 12.3. The Morgan fingerprint density at radius 2 is 1.84 bits per heavy atom. The molecule has 5 nitrogen and oxygen atoms in total. The Morgan fingerprint density at radius 1 is 1.20 bits per heavy atom. The summed E-state index contributed by atoms with van der Waals surface area (Å²) in [6.45, 7) is 1.82. The zero-order valence-corrected chi connectivity index (χ0v) is 15.3. The van der Waals surface area contributed by atoms with E-state index in [0.29, 0.717) is 16.3 Å². The topological polar surface area (TPSA) is 75.3 Å². The molecule has 0 radical (unpaired) electrons. The minimum absolute atomic E-state index is 0.148. The van der Waals surface area contributed by atoms with Crippen LogP contribution in [0.1, 0.15) is 23.6 Å². The van der Waals surface area contributed by atoms with Crippen LogP contribution in [0.5, 0.6) is 0 Å². The van der Waals surface area contributed by atoms with Crippen LogP contribution in [0.25, 0.3) is 0 Å². The summed E-state index contributed by atoms with van der Waals surface area (Å²) in [6, 6.07) is 9.59. The molecule has 2 aromatic carbocycles. The van der Waals surface area contributed by atoms with Gasteiger partial charge in [-0.2, -0.15) is 0 Å². The third-order valence-electron chi connectivity index (χ3n) is 3.49. The van der Waals surface area contributed by atoms with Gasteiger partial charge in [0.15, 0.2) is 0 Å². The number of hydrogen-bond donors (Lipinski definition) is 2. The van der Waals surface area contributed by atoms with Gasteiger partial charge in [-0.15, -0.1) is 0 Å². The maximum absolute atomic E-state index is 13.1. The summed E-state index contributed by atoms with van der Waals surface area (Å²) in [5, 5.41) is 3.19. The van der Waals surface area contributed by atoms with E-state index in [4.69, 9.17) is 11.6 Å². The second-order valence-corrected chi connectivity index (χ2v) is 7.92. The van der Waals surface area contributed by atoms with Crippen molar-refractivity contribution in [3.8, 4) is 0 Å². The van der Waals surface area contributed by atoms with Gasteiger partial charge in [0.25, 0.3) is 0 Å². The summed E-state index contributed by atoms with van der Waals surface area (Å²) in [7, 11) is -3.56. The molecule has 2 aromatic rings. The summed E-state index contributed by atoms with van der Waals surface area (Å²) in [6.07, 6.45) is 0.854. The lowest BCUT2D eigenvalue weighted by atomic mass is 10.0. The van der Waals surface area contributed by atoms with Crippen molar-refractivity contribution in [2.24, 2.45) is 0 Å². The van der Waals surface area contributed by atoms with Crippen LogP contribution in [0.4, 0.5) is 10.1 Å². The van der Waals surface area contributed by atoms with E-state index in [1.54, 1.807) is 18.2 Å². The first-order chi connectivity index (χ1) is 11.6. The Hall–Kier alpha value is -1.96. The SMILES string of the molecule is Cc1ccc(Cl)cc1NC(=O)C[C@@H](NS(C)(=O)=O)c1ccc(F)cc1. The smallest absolute Gasteiger partial charge is 0.226 e. The molecule has 1 atom stereocenters. The Bertz CT molecular complexity index is 870. The molecule has 2 rings (SSSR count). The molecule has 1 amide bonds. The molecule has 0 aliphatic heterocycles. The van der Waals surface area contributed by atoms with Gasteiger partial charge in [-0.05, 0) is 42.3 Å². The number of carbonyl (C=O) groups excluding carboxylic acids is 1. The van der Waals surface area contributed by atoms with Gasteiger partial charge < -0.3 is 5.32 Å². The van der Waals surface area contributed by atoms with Crippen molar-refractivity contribution >= 4 is 33.2 Å². The van der Waals surface area contributed by atoms with Crippen molar-refractivity contribution in [3.63, 3.8) is 0 Å². The van der Waals surface area contributed by atoms with Gasteiger partial charge in [0, 0.05) is 17.1 Å². The van der Waals surface area contributed by atoms with Crippen LogP contribution >= 0.6 is 11.6 Å². The van der Waals surface area contributed by atoms with Crippen LogP contribution in [-0.2, 0) is 14.8 Å². The zero-order valence-electron chi connectivity index (χ0n) is 13.7. The number of anilines is 1. The molecule has 8 heteroatoms. The Morgan fingerprint density at radius 3 is 2.44 bits per heavy atom. The minimum Gasteiger partial charge on any atom is -0.326 e. The summed E-state index contributed by atoms with van der Waals surface area (Å²) in [5.41, 5.74) is 1.87. The highest BCUT2D eigenvalue weighted by Gasteiger charge is 2.20. The maximum atomic E-state index is 13.1. The van der Waals surface area contributed by atoms with Crippen LogP contribution in [0.2, 0.25) is 5.02 Å². The van der Waals surface area contributed by atoms with Gasteiger partial charge in [-0.25, -0.2) is 17.5 Å². The predicted molar refractivity (Wildman–Crippen MR) is 96.6 cm³/mol. The lowest BCUT2D eigenvalue weighted by Gasteiger charge is -2.18. The van der Waals surface area contributed by atoms with E-state index in [1.807, 2.05) is 6.92 Å². The Labute approximate surface area is 151 Å². The normalized spacial score (nSPS) is 12.6. The largest absolute Gasteiger partial charge is 0.326 e. The lowest BCUT2D eigenvalue weighted by Crippen LogP contribution is -2.30. The number of halogens is 2. The molecule has 0 aliphatic rings. The van der Waals surface area contributed by atoms with Crippen molar-refractivity contribution in [3.05, 3.63) is 64.4 Å². The molecular formula is C17H18ClFN2O3S. The van der Waals surface area contributed by atoms with Crippen molar-refractivity contribution in [1.82, 2.24) is 4.72 Å². The lowest BCUT2D eigenvalue weighted by molar-refractivity contribution is -0.116. The fourth-order valence-electron chi connectivity index (χ4n) is 2.30. The number of carbonyl (C=O) groups is 1. The van der Waals surface area contributed by atoms with Gasteiger partial charge in [-0.3, -0.25) is 4.79 Å². The average molecular weight is 385 g/mol. The van der Waals surface area contributed by atoms with Crippen molar-refractivity contribution in [2.75, 3.05) is 11.6 Å². The number of amides is 1. The second kappa shape index (κ2) is 7.95. The number of hydrogen-bond acceptors (Lipinski definition) is 3. The summed E-state index contributed by atoms with van der Waals surface area (Å²) < 4.78 is 38.7. The molecule has 0 bridgehead atoms. The average Bonchev–Trinajstić information content (AvgIpc) is 2.49. The van der Waals surface area contributed by atoms with Crippen molar-refractivity contribution in [1.29, 1.82) is 0 Å². The highest BCUT2D eigenvalue weighted by atomic mass is 35.5. The molecule has 25 heavy (non-hydrogen) atoms. The van der Waals surface area contributed by atoms with E-state index in [2.05, 4.69) is 10.0 Å². The van der Waals surface area contributed by atoms with Crippen molar-refractivity contribution < 1.29 is 17.6 Å². The van der Waals surface area contributed by atoms with Crippen molar-refractivity contribution in [2.45, 2.75) is 19.4 Å². The standard InChI is InChI=1S/C17H18ClFN2O3S/c1-11-3-6-13(18)9-15(11)20-17(22)10-16(21-25(2,23)24)12-4-7-14(19)8-5-12/h3-9,16,21H,10H2,1-2H3,(H,20,22)/t16-/m1/s1. The number of sulfonamides is 1. The maximum Gasteiger partial charge on any atom is 0.226 e. The fourth-order valence-corrected chi connectivity index (χ4v) is 3.20. The highest BCUT2D eigenvalue weighted by Crippen LogP contribution is 2.23. The van der Waals surface area contributed by atoms with Gasteiger partial charge >= 0.3 is 0 Å². The molecule has 0 saturated heterocycles. The monoisotopic (exact) mass is 384 g/mol. The molecule has 0 aliphatic carbocycles. The quantitative estimate of drug-likeness (QED) is 0.801. The molecule has 2 N–H and O–H groups in total. The molecule has 134 valence electrons. The first-order valence-corrected chi connectivity index (χ1v) is 9.70. The van der Waals surface area contributed by atoms with Crippen LogP contribution in [0.15, 0.2) is 42.5 Å². The Balaban J connectivity index is 2.19. The predicted octanol–water partition coefficient (Wildman–Crippen LogP) is 3.41. The van der Waals surface area contributed by atoms with E-state index in [9.17, 15) is 17.6 Å². The van der Waals surface area contributed by atoms with E-state index in [-0.39, 0.29) is 6.42 Å². The summed E-state index contributed by atoms with van der Waals surface area (Å²) >= 11 is 5.93. The zero-order chi connectivity index (χ0) is 18.6. The van der Waals surface area contributed by atoms with Gasteiger partial charge in [0.05, 0.1) is 12.3 Å². The molecule has 0 saturated carbocycles. The van der Waals surface area contributed by atoms with Gasteiger partial charge in [-0.1, -0.05) is 29.8 Å². The Kier molecular flexibility index (Phi) is 6.16. The van der Waals surface area contributed by atoms with Crippen LogP contribution in [0.3, 0.4) is 0 Å². The van der Waals surface area contributed by atoms with E-state index >= 15 is 0 Å². The molecule has 0 fully saturated rings.